The molecule has 0 aliphatic rings. The SMILES string of the molecule is [CH2]C(CCCC[N+](C)(C)C)[N+](CC)(CC)CC. The molecule has 0 aliphatic carbocycles. The summed E-state index contributed by atoms with van der Waals surface area (Å²) in [5, 5.41) is 0. The lowest BCUT2D eigenvalue weighted by Gasteiger charge is -2.41. The van der Waals surface area contributed by atoms with Gasteiger partial charge in [-0.25, -0.2) is 0 Å². The van der Waals surface area contributed by atoms with E-state index in [1.54, 1.807) is 0 Å². The van der Waals surface area contributed by atoms with E-state index >= 15 is 0 Å². The van der Waals surface area contributed by atoms with Crippen LogP contribution >= 0.6 is 0 Å². The Balaban J connectivity index is 4.03. The first-order chi connectivity index (χ1) is 7.81. The monoisotopic (exact) mass is 243 g/mol. The first kappa shape index (κ1) is 16.9. The van der Waals surface area contributed by atoms with E-state index < -0.39 is 0 Å². The van der Waals surface area contributed by atoms with Gasteiger partial charge >= 0.3 is 0 Å². The summed E-state index contributed by atoms with van der Waals surface area (Å²) < 4.78 is 2.27. The Kier molecular flexibility index (Phi) is 7.34. The first-order valence-corrected chi connectivity index (χ1v) is 7.30. The zero-order chi connectivity index (χ0) is 13.5. The largest absolute Gasteiger partial charge is 0.331 e. The summed E-state index contributed by atoms with van der Waals surface area (Å²) in [5.41, 5.74) is 0. The van der Waals surface area contributed by atoms with Gasteiger partial charge in [-0.3, -0.25) is 0 Å². The highest BCUT2D eigenvalue weighted by Gasteiger charge is 2.28. The van der Waals surface area contributed by atoms with Gasteiger partial charge in [-0.2, -0.15) is 0 Å². The Bertz CT molecular complexity index is 181. The van der Waals surface area contributed by atoms with Crippen LogP contribution in [0.4, 0.5) is 0 Å². The molecular weight excluding hydrogens is 208 g/mol. The third-order valence-corrected chi connectivity index (χ3v) is 4.28. The van der Waals surface area contributed by atoms with Crippen LogP contribution in [-0.2, 0) is 0 Å². The molecule has 0 heterocycles. The maximum Gasteiger partial charge on any atom is 0.0892 e. The maximum absolute atomic E-state index is 4.42. The summed E-state index contributed by atoms with van der Waals surface area (Å²) in [6, 6.07) is 0.572. The molecule has 1 atom stereocenters. The summed E-state index contributed by atoms with van der Waals surface area (Å²) in [7, 11) is 6.81. The molecule has 0 amide bonds. The van der Waals surface area contributed by atoms with Crippen LogP contribution in [0.5, 0.6) is 0 Å². The fourth-order valence-electron chi connectivity index (χ4n) is 2.69. The van der Waals surface area contributed by atoms with Crippen LogP contribution in [0.3, 0.4) is 0 Å². The van der Waals surface area contributed by atoms with Gasteiger partial charge in [-0.1, -0.05) is 0 Å². The van der Waals surface area contributed by atoms with Crippen molar-refractivity contribution in [3.05, 3.63) is 6.92 Å². The predicted octanol–water partition coefficient (Wildman–Crippen LogP) is 2.94. The number of hydrogen-bond acceptors (Lipinski definition) is 0. The fraction of sp³-hybridized carbons (Fsp3) is 0.933. The molecule has 0 saturated carbocycles. The lowest BCUT2D eigenvalue weighted by atomic mass is 10.1. The molecule has 0 aromatic heterocycles. The van der Waals surface area contributed by atoms with Gasteiger partial charge in [-0.05, 0) is 40.0 Å². The lowest BCUT2D eigenvalue weighted by Crippen LogP contribution is -2.54. The summed E-state index contributed by atoms with van der Waals surface area (Å²) in [4.78, 5) is 0. The molecule has 0 rings (SSSR count). The second-order valence-electron chi connectivity index (χ2n) is 6.33. The molecule has 17 heavy (non-hydrogen) atoms. The van der Waals surface area contributed by atoms with Crippen molar-refractivity contribution in [3.63, 3.8) is 0 Å². The summed E-state index contributed by atoms with van der Waals surface area (Å²) >= 11 is 0. The molecule has 0 N–H and O–H groups in total. The Hall–Kier alpha value is -0.0800. The molecule has 1 unspecified atom stereocenters. The van der Waals surface area contributed by atoms with Crippen LogP contribution in [-0.4, -0.2) is 62.3 Å². The van der Waals surface area contributed by atoms with Crippen LogP contribution in [0, 0.1) is 6.92 Å². The van der Waals surface area contributed by atoms with Crippen LogP contribution < -0.4 is 0 Å². The minimum absolute atomic E-state index is 0.572. The molecule has 1 radical (unpaired) electrons. The lowest BCUT2D eigenvalue weighted by molar-refractivity contribution is -0.941. The predicted molar refractivity (Wildman–Crippen MR) is 77.8 cm³/mol. The molecule has 0 bridgehead atoms. The van der Waals surface area contributed by atoms with Crippen LogP contribution in [0.15, 0.2) is 0 Å². The van der Waals surface area contributed by atoms with Crippen molar-refractivity contribution >= 4 is 0 Å². The maximum atomic E-state index is 4.42. The number of quaternary nitrogens is 2. The zero-order valence-corrected chi connectivity index (χ0v) is 13.1. The molecule has 0 saturated heterocycles. The van der Waals surface area contributed by atoms with Crippen molar-refractivity contribution in [2.24, 2.45) is 0 Å². The van der Waals surface area contributed by atoms with Crippen molar-refractivity contribution in [1.82, 2.24) is 0 Å². The topological polar surface area (TPSA) is 0 Å². The van der Waals surface area contributed by atoms with E-state index in [1.807, 2.05) is 0 Å². The van der Waals surface area contributed by atoms with Gasteiger partial charge in [0.25, 0.3) is 0 Å². The number of rotatable bonds is 9. The van der Waals surface area contributed by atoms with Crippen molar-refractivity contribution in [2.75, 3.05) is 47.3 Å². The van der Waals surface area contributed by atoms with E-state index in [-0.39, 0.29) is 0 Å². The van der Waals surface area contributed by atoms with Crippen LogP contribution in [0.1, 0.15) is 40.0 Å². The van der Waals surface area contributed by atoms with Gasteiger partial charge < -0.3 is 8.97 Å². The van der Waals surface area contributed by atoms with Gasteiger partial charge in [0.15, 0.2) is 0 Å². The Morgan fingerprint density at radius 1 is 0.882 bits per heavy atom. The number of hydrogen-bond donors (Lipinski definition) is 0. The van der Waals surface area contributed by atoms with Gasteiger partial charge in [0, 0.05) is 6.92 Å². The normalized spacial score (nSPS) is 15.0. The zero-order valence-electron chi connectivity index (χ0n) is 13.1. The van der Waals surface area contributed by atoms with Crippen molar-refractivity contribution < 1.29 is 8.97 Å². The molecule has 2 heteroatoms. The second kappa shape index (κ2) is 7.38. The van der Waals surface area contributed by atoms with Gasteiger partial charge in [0.2, 0.25) is 0 Å². The molecule has 0 aromatic carbocycles. The Labute approximate surface area is 110 Å². The molecule has 2 nitrogen and oxygen atoms in total. The van der Waals surface area contributed by atoms with E-state index in [2.05, 4.69) is 48.8 Å². The summed E-state index contributed by atoms with van der Waals surface area (Å²) in [6.45, 7) is 16.3. The minimum atomic E-state index is 0.572. The Morgan fingerprint density at radius 2 is 1.35 bits per heavy atom. The number of unbranched alkanes of at least 4 members (excludes halogenated alkanes) is 1. The molecule has 0 fully saturated rings. The highest BCUT2D eigenvalue weighted by molar-refractivity contribution is 4.63. The van der Waals surface area contributed by atoms with Crippen molar-refractivity contribution in [1.29, 1.82) is 0 Å². The average Bonchev–Trinajstić information content (AvgIpc) is 2.26. The summed E-state index contributed by atoms with van der Waals surface area (Å²) in [6.07, 6.45) is 3.92. The van der Waals surface area contributed by atoms with Crippen LogP contribution in [0.25, 0.3) is 0 Å². The summed E-state index contributed by atoms with van der Waals surface area (Å²) in [5.74, 6) is 0. The average molecular weight is 243 g/mol. The van der Waals surface area contributed by atoms with Crippen molar-refractivity contribution in [3.8, 4) is 0 Å². The Morgan fingerprint density at radius 3 is 1.71 bits per heavy atom. The number of nitrogens with zero attached hydrogens (tertiary/aromatic N) is 2. The van der Waals surface area contributed by atoms with Gasteiger partial charge in [0.05, 0.1) is 53.4 Å². The molecular formula is C15H35N2+2. The van der Waals surface area contributed by atoms with E-state index in [0.29, 0.717) is 6.04 Å². The second-order valence-corrected chi connectivity index (χ2v) is 6.33. The molecule has 0 aromatic rings. The van der Waals surface area contributed by atoms with E-state index in [1.165, 1.54) is 49.9 Å². The quantitative estimate of drug-likeness (QED) is 0.431. The van der Waals surface area contributed by atoms with Crippen LogP contribution in [0.2, 0.25) is 0 Å². The molecule has 0 aliphatic heterocycles. The van der Waals surface area contributed by atoms with E-state index in [9.17, 15) is 0 Å². The van der Waals surface area contributed by atoms with E-state index in [4.69, 9.17) is 0 Å². The first-order valence-electron chi connectivity index (χ1n) is 7.30. The highest BCUT2D eigenvalue weighted by Crippen LogP contribution is 2.18. The standard InChI is InChI=1S/C15H35N2/c1-8-17(9-2,10-3)15(4)13-11-12-14-16(5,6)7/h15H,4,8-14H2,1-3,5-7H3/q+2. The smallest absolute Gasteiger partial charge is 0.0892 e. The van der Waals surface area contributed by atoms with Crippen molar-refractivity contribution in [2.45, 2.75) is 46.1 Å². The van der Waals surface area contributed by atoms with E-state index in [0.717, 1.165) is 4.48 Å². The third-order valence-electron chi connectivity index (χ3n) is 4.28. The fourth-order valence-corrected chi connectivity index (χ4v) is 2.69. The van der Waals surface area contributed by atoms with Gasteiger partial charge in [-0.15, -0.1) is 0 Å². The van der Waals surface area contributed by atoms with Gasteiger partial charge in [0.1, 0.15) is 0 Å². The molecule has 0 spiro atoms. The minimum Gasteiger partial charge on any atom is -0.331 e. The molecule has 103 valence electrons. The highest BCUT2D eigenvalue weighted by atomic mass is 15.4. The third kappa shape index (κ3) is 5.87.